The Morgan fingerprint density at radius 1 is 1.07 bits per heavy atom. The number of nitrogens with one attached hydrogen (secondary N) is 2. The maximum atomic E-state index is 11.4. The highest BCUT2D eigenvalue weighted by Crippen LogP contribution is 2.65. The molecule has 0 saturated heterocycles. The molecular formula is C25H34N2O2. The second kappa shape index (κ2) is 6.78. The molecule has 0 aromatic carbocycles. The first kappa shape index (κ1) is 19.0. The third kappa shape index (κ3) is 2.90. The number of hydrogen-bond donors (Lipinski definition) is 2. The SMILES string of the molecule is CC(=O)OC1CC[C@@]2(C)C(=CCC3C2CC[C@]2(C)C(C4=CNNC=C4)=CCC32)C1. The largest absolute Gasteiger partial charge is 0.462 e. The van der Waals surface area contributed by atoms with Crippen LogP contribution in [-0.2, 0) is 9.53 Å². The van der Waals surface area contributed by atoms with Crippen LogP contribution in [0.15, 0.2) is 47.3 Å². The van der Waals surface area contributed by atoms with E-state index in [4.69, 9.17) is 4.74 Å². The van der Waals surface area contributed by atoms with Crippen molar-refractivity contribution in [1.82, 2.24) is 10.9 Å². The van der Waals surface area contributed by atoms with Crippen LogP contribution in [0.25, 0.3) is 0 Å². The van der Waals surface area contributed by atoms with Crippen LogP contribution in [-0.4, -0.2) is 12.1 Å². The van der Waals surface area contributed by atoms with E-state index >= 15 is 0 Å². The summed E-state index contributed by atoms with van der Waals surface area (Å²) in [5.74, 6) is 2.13. The lowest BCUT2D eigenvalue weighted by molar-refractivity contribution is -0.148. The fraction of sp³-hybridized carbons (Fsp3) is 0.640. The molecule has 1 aliphatic heterocycles. The first-order valence-electron chi connectivity index (χ1n) is 11.4. The molecule has 0 amide bonds. The van der Waals surface area contributed by atoms with Crippen molar-refractivity contribution in [3.8, 4) is 0 Å². The molecule has 1 heterocycles. The maximum absolute atomic E-state index is 11.4. The van der Waals surface area contributed by atoms with E-state index in [9.17, 15) is 4.79 Å². The molecule has 6 atom stereocenters. The number of esters is 1. The lowest BCUT2D eigenvalue weighted by Gasteiger charge is -2.58. The molecular weight excluding hydrogens is 360 g/mol. The summed E-state index contributed by atoms with van der Waals surface area (Å²) in [5.41, 5.74) is 11.2. The number of hydrogen-bond acceptors (Lipinski definition) is 4. The number of fused-ring (bicyclic) bond motifs is 5. The van der Waals surface area contributed by atoms with E-state index in [1.807, 2.05) is 6.20 Å². The summed E-state index contributed by atoms with van der Waals surface area (Å²) in [5, 5.41) is 0. The Bertz CT molecular complexity index is 838. The lowest BCUT2D eigenvalue weighted by atomic mass is 9.47. The minimum absolute atomic E-state index is 0.0862. The van der Waals surface area contributed by atoms with Gasteiger partial charge in [0.15, 0.2) is 0 Å². The molecule has 0 radical (unpaired) electrons. The van der Waals surface area contributed by atoms with Gasteiger partial charge in [0.05, 0.1) is 0 Å². The number of carbonyl (C=O) groups is 1. The topological polar surface area (TPSA) is 50.4 Å². The first-order valence-corrected chi connectivity index (χ1v) is 11.4. The molecule has 2 N–H and O–H groups in total. The summed E-state index contributed by atoms with van der Waals surface area (Å²) in [6.45, 7) is 6.56. The van der Waals surface area contributed by atoms with Crippen LogP contribution in [0.5, 0.6) is 0 Å². The van der Waals surface area contributed by atoms with Crippen LogP contribution in [0.3, 0.4) is 0 Å². The fourth-order valence-electron chi connectivity index (χ4n) is 7.49. The van der Waals surface area contributed by atoms with Gasteiger partial charge >= 0.3 is 5.97 Å². The molecule has 4 unspecified atom stereocenters. The fourth-order valence-corrected chi connectivity index (χ4v) is 7.49. The highest BCUT2D eigenvalue weighted by Gasteiger charge is 2.57. The highest BCUT2D eigenvalue weighted by molar-refractivity contribution is 5.66. The second-order valence-electron chi connectivity index (χ2n) is 10.3. The third-order valence-corrected chi connectivity index (χ3v) is 8.94. The van der Waals surface area contributed by atoms with Crippen LogP contribution in [0.4, 0.5) is 0 Å². The molecule has 2 fully saturated rings. The number of hydrazine groups is 1. The maximum Gasteiger partial charge on any atom is 0.302 e. The summed E-state index contributed by atoms with van der Waals surface area (Å²) in [7, 11) is 0. The average molecular weight is 395 g/mol. The van der Waals surface area contributed by atoms with Gasteiger partial charge < -0.3 is 15.6 Å². The van der Waals surface area contributed by atoms with Crippen molar-refractivity contribution in [2.24, 2.45) is 28.6 Å². The van der Waals surface area contributed by atoms with Gasteiger partial charge in [-0.25, -0.2) is 0 Å². The van der Waals surface area contributed by atoms with E-state index in [0.717, 1.165) is 37.0 Å². The Hall–Kier alpha value is -1.97. The number of ether oxygens (including phenoxy) is 1. The van der Waals surface area contributed by atoms with E-state index in [2.05, 4.69) is 49.1 Å². The van der Waals surface area contributed by atoms with Gasteiger partial charge in [0.2, 0.25) is 0 Å². The summed E-state index contributed by atoms with van der Waals surface area (Å²) in [6.07, 6.45) is 19.6. The van der Waals surface area contributed by atoms with E-state index in [0.29, 0.717) is 5.41 Å². The molecule has 4 aliphatic carbocycles. The van der Waals surface area contributed by atoms with Crippen molar-refractivity contribution in [3.63, 3.8) is 0 Å². The zero-order valence-corrected chi connectivity index (χ0v) is 18.0. The Morgan fingerprint density at radius 3 is 2.66 bits per heavy atom. The second-order valence-corrected chi connectivity index (χ2v) is 10.3. The van der Waals surface area contributed by atoms with Crippen molar-refractivity contribution in [2.75, 3.05) is 0 Å². The molecule has 4 heteroatoms. The average Bonchev–Trinajstić information content (AvgIpc) is 3.06. The van der Waals surface area contributed by atoms with Crippen LogP contribution < -0.4 is 10.9 Å². The van der Waals surface area contributed by atoms with Crippen molar-refractivity contribution in [3.05, 3.63) is 47.3 Å². The monoisotopic (exact) mass is 394 g/mol. The highest BCUT2D eigenvalue weighted by atomic mass is 16.5. The molecule has 0 bridgehead atoms. The Balaban J connectivity index is 1.39. The van der Waals surface area contributed by atoms with E-state index in [-0.39, 0.29) is 17.5 Å². The van der Waals surface area contributed by atoms with Gasteiger partial charge in [0.1, 0.15) is 6.10 Å². The van der Waals surface area contributed by atoms with E-state index in [1.54, 1.807) is 11.1 Å². The molecule has 0 aromatic rings. The smallest absolute Gasteiger partial charge is 0.302 e. The predicted molar refractivity (Wildman–Crippen MR) is 114 cm³/mol. The van der Waals surface area contributed by atoms with Gasteiger partial charge in [-0.3, -0.25) is 4.79 Å². The Morgan fingerprint density at radius 2 is 1.90 bits per heavy atom. The molecule has 4 nitrogen and oxygen atoms in total. The molecule has 5 aliphatic rings. The van der Waals surface area contributed by atoms with Crippen molar-refractivity contribution < 1.29 is 9.53 Å². The van der Waals surface area contributed by atoms with Crippen molar-refractivity contribution >= 4 is 5.97 Å². The minimum Gasteiger partial charge on any atom is -0.462 e. The molecule has 0 aromatic heterocycles. The van der Waals surface area contributed by atoms with Crippen molar-refractivity contribution in [1.29, 1.82) is 0 Å². The zero-order chi connectivity index (χ0) is 20.2. The van der Waals surface area contributed by atoms with Gasteiger partial charge in [0.25, 0.3) is 0 Å². The Kier molecular flexibility index (Phi) is 4.45. The van der Waals surface area contributed by atoms with Crippen molar-refractivity contribution in [2.45, 2.75) is 71.8 Å². The van der Waals surface area contributed by atoms with Crippen LogP contribution in [0.1, 0.15) is 65.7 Å². The lowest BCUT2D eigenvalue weighted by Crippen LogP contribution is -2.50. The first-order chi connectivity index (χ1) is 13.9. The van der Waals surface area contributed by atoms with Crippen LogP contribution in [0.2, 0.25) is 0 Å². The van der Waals surface area contributed by atoms with Crippen LogP contribution in [0, 0.1) is 28.6 Å². The summed E-state index contributed by atoms with van der Waals surface area (Å²) < 4.78 is 5.58. The van der Waals surface area contributed by atoms with Gasteiger partial charge in [-0.2, -0.15) is 0 Å². The molecule has 29 heavy (non-hydrogen) atoms. The van der Waals surface area contributed by atoms with E-state index < -0.39 is 0 Å². The quantitative estimate of drug-likeness (QED) is 0.515. The standard InChI is InChI=1S/C25H34N2O2/c1-16(28)29-19-8-11-24(2)18(14-19)4-5-20-22-7-6-21(17-10-13-26-27-15-17)25(22,3)12-9-23(20)24/h4,6,10,13,15,19-20,22-23,26-27H,5,7-9,11-12,14H2,1-3H3/t19?,20?,22?,23?,24-,25+/m0/s1. The minimum atomic E-state index is -0.137. The normalized spacial score (nSPS) is 42.8. The molecule has 156 valence electrons. The van der Waals surface area contributed by atoms with Gasteiger partial charge in [0, 0.05) is 25.7 Å². The summed E-state index contributed by atoms with van der Waals surface area (Å²) in [4.78, 5) is 11.4. The van der Waals surface area contributed by atoms with Gasteiger partial charge in [-0.05, 0) is 84.3 Å². The Labute approximate surface area is 174 Å². The predicted octanol–water partition coefficient (Wildman–Crippen LogP) is 4.92. The van der Waals surface area contributed by atoms with Gasteiger partial charge in [-0.1, -0.05) is 31.6 Å². The van der Waals surface area contributed by atoms with E-state index in [1.165, 1.54) is 38.2 Å². The molecule has 5 rings (SSSR count). The molecule has 2 saturated carbocycles. The zero-order valence-electron chi connectivity index (χ0n) is 18.0. The van der Waals surface area contributed by atoms with Gasteiger partial charge in [-0.15, -0.1) is 0 Å². The number of carbonyl (C=O) groups excluding carboxylic acids is 1. The number of rotatable bonds is 2. The summed E-state index contributed by atoms with van der Waals surface area (Å²) in [6, 6.07) is 0. The molecule has 0 spiro atoms. The number of allylic oxidation sites excluding steroid dienone is 5. The van der Waals surface area contributed by atoms with Crippen LogP contribution >= 0.6 is 0 Å². The third-order valence-electron chi connectivity index (χ3n) is 8.94. The summed E-state index contributed by atoms with van der Waals surface area (Å²) >= 11 is 0.